The first kappa shape index (κ1) is 31.0. The van der Waals surface area contributed by atoms with Crippen LogP contribution in [0.5, 0.6) is 0 Å². The molecule has 0 aromatic heterocycles. The number of rotatable bonds is 8. The number of hydrogen-bond acceptors (Lipinski definition) is 5. The Kier molecular flexibility index (Phi) is 9.38. The molecule has 0 spiro atoms. The van der Waals surface area contributed by atoms with Gasteiger partial charge in [0, 0.05) is 25.9 Å². The first-order chi connectivity index (χ1) is 22.4. The van der Waals surface area contributed by atoms with Crippen molar-refractivity contribution in [1.82, 2.24) is 5.32 Å². The summed E-state index contributed by atoms with van der Waals surface area (Å²) in [5.74, 6) is -0.835. The van der Waals surface area contributed by atoms with Gasteiger partial charge in [0.25, 0.3) is 11.8 Å². The van der Waals surface area contributed by atoms with E-state index in [1.54, 1.807) is 54.2 Å². The number of nitrogens with zero attached hydrogens (tertiary/aromatic N) is 1. The fourth-order valence-corrected chi connectivity index (χ4v) is 7.01. The summed E-state index contributed by atoms with van der Waals surface area (Å²) in [4.78, 5) is 45.1. The Morgan fingerprint density at radius 1 is 0.739 bits per heavy atom. The molecule has 5 aromatic carbocycles. The van der Waals surface area contributed by atoms with Gasteiger partial charge in [-0.15, -0.1) is 11.8 Å². The molecule has 2 N–H and O–H groups in total. The molecule has 0 radical (unpaired) electrons. The molecule has 0 fully saturated rings. The molecule has 6 rings (SSSR count). The average Bonchev–Trinajstić information content (AvgIpc) is 3.08. The lowest BCUT2D eigenvalue weighted by Gasteiger charge is -2.32. The third kappa shape index (κ3) is 6.93. The lowest BCUT2D eigenvalue weighted by molar-refractivity contribution is -0.117. The molecule has 0 aliphatic carbocycles. The second-order valence-corrected chi connectivity index (χ2v) is 13.2. The van der Waals surface area contributed by atoms with E-state index in [9.17, 15) is 14.4 Å². The number of amides is 3. The van der Waals surface area contributed by atoms with Gasteiger partial charge in [0.15, 0.2) is 0 Å². The molecule has 1 aliphatic rings. The number of nitrogens with one attached hydrogen (secondary N) is 2. The van der Waals surface area contributed by atoms with Crippen LogP contribution in [0.1, 0.15) is 28.4 Å². The van der Waals surface area contributed by atoms with Crippen molar-refractivity contribution >= 4 is 64.4 Å². The highest BCUT2D eigenvalue weighted by atomic mass is 32.2. The highest BCUT2D eigenvalue weighted by molar-refractivity contribution is 8.00. The number of carbonyl (C=O) groups excluding carboxylic acids is 3. The van der Waals surface area contributed by atoms with Crippen molar-refractivity contribution in [2.75, 3.05) is 10.2 Å². The van der Waals surface area contributed by atoms with Gasteiger partial charge in [0.2, 0.25) is 5.91 Å². The molecule has 0 saturated carbocycles. The topological polar surface area (TPSA) is 78.5 Å². The standard InChI is InChI=1S/C38H31N3O3S2/c1-25-12-6-7-15-28(25)24-31(40-36(42)27-13-4-3-5-14-27)37(43)39-29-20-22-30(23-21-29)45-26(2)38(44)41-32-16-8-10-18-34(32)46-35-19-11-9-17-33(35)41/h3-24,26H,1-2H3,(H,39,43)(H,40,42)/b31-24-. The number of carbonyl (C=O) groups is 3. The van der Waals surface area contributed by atoms with Gasteiger partial charge >= 0.3 is 0 Å². The molecule has 228 valence electrons. The summed E-state index contributed by atoms with van der Waals surface area (Å²) in [6, 6.07) is 39.7. The summed E-state index contributed by atoms with van der Waals surface area (Å²) < 4.78 is 0. The Morgan fingerprint density at radius 3 is 1.98 bits per heavy atom. The van der Waals surface area contributed by atoms with E-state index in [1.165, 1.54) is 11.8 Å². The van der Waals surface area contributed by atoms with Gasteiger partial charge in [-0.2, -0.15) is 0 Å². The lowest BCUT2D eigenvalue weighted by atomic mass is 10.1. The monoisotopic (exact) mass is 641 g/mol. The SMILES string of the molecule is Cc1ccccc1/C=C(\NC(=O)c1ccccc1)C(=O)Nc1ccc(SC(C)C(=O)N2c3ccccc3Sc3ccccc32)cc1. The average molecular weight is 642 g/mol. The zero-order chi connectivity index (χ0) is 32.0. The smallest absolute Gasteiger partial charge is 0.272 e. The van der Waals surface area contributed by atoms with Gasteiger partial charge in [-0.3, -0.25) is 19.3 Å². The van der Waals surface area contributed by atoms with Crippen LogP contribution in [0.2, 0.25) is 0 Å². The maximum absolute atomic E-state index is 13.9. The van der Waals surface area contributed by atoms with Crippen molar-refractivity contribution in [1.29, 1.82) is 0 Å². The largest absolute Gasteiger partial charge is 0.321 e. The summed E-state index contributed by atoms with van der Waals surface area (Å²) >= 11 is 3.13. The van der Waals surface area contributed by atoms with Gasteiger partial charge < -0.3 is 10.6 Å². The third-order valence-corrected chi connectivity index (χ3v) is 9.67. The van der Waals surface area contributed by atoms with E-state index in [0.29, 0.717) is 11.3 Å². The molecular weight excluding hydrogens is 611 g/mol. The maximum atomic E-state index is 13.9. The van der Waals surface area contributed by atoms with Crippen LogP contribution in [-0.4, -0.2) is 23.0 Å². The Labute approximate surface area is 276 Å². The first-order valence-electron chi connectivity index (χ1n) is 14.8. The highest BCUT2D eigenvalue weighted by Crippen LogP contribution is 2.48. The van der Waals surface area contributed by atoms with Gasteiger partial charge in [-0.05, 0) is 91.7 Å². The van der Waals surface area contributed by atoms with Crippen molar-refractivity contribution < 1.29 is 14.4 Å². The van der Waals surface area contributed by atoms with E-state index in [2.05, 4.69) is 10.6 Å². The molecule has 1 unspecified atom stereocenters. The molecule has 0 bridgehead atoms. The highest BCUT2D eigenvalue weighted by Gasteiger charge is 2.31. The van der Waals surface area contributed by atoms with Crippen LogP contribution in [0.4, 0.5) is 17.1 Å². The minimum Gasteiger partial charge on any atom is -0.321 e. The van der Waals surface area contributed by atoms with Crippen LogP contribution in [-0.2, 0) is 9.59 Å². The number of fused-ring (bicyclic) bond motifs is 2. The fourth-order valence-electron chi connectivity index (χ4n) is 5.04. The number of para-hydroxylation sites is 2. The maximum Gasteiger partial charge on any atom is 0.272 e. The predicted octanol–water partition coefficient (Wildman–Crippen LogP) is 8.71. The lowest BCUT2D eigenvalue weighted by Crippen LogP contribution is -2.34. The van der Waals surface area contributed by atoms with Crippen LogP contribution in [0.3, 0.4) is 0 Å². The molecule has 1 heterocycles. The van der Waals surface area contributed by atoms with E-state index in [0.717, 1.165) is 37.2 Å². The van der Waals surface area contributed by atoms with Crippen molar-refractivity contribution in [2.45, 2.75) is 33.8 Å². The van der Waals surface area contributed by atoms with Crippen LogP contribution < -0.4 is 15.5 Å². The van der Waals surface area contributed by atoms with Gasteiger partial charge in [-0.25, -0.2) is 0 Å². The summed E-state index contributed by atoms with van der Waals surface area (Å²) in [5.41, 5.74) is 4.71. The molecule has 5 aromatic rings. The van der Waals surface area contributed by atoms with Gasteiger partial charge in [0.05, 0.1) is 16.6 Å². The predicted molar refractivity (Wildman–Crippen MR) is 188 cm³/mol. The van der Waals surface area contributed by atoms with E-state index < -0.39 is 5.91 Å². The molecule has 0 saturated heterocycles. The molecule has 1 aliphatic heterocycles. The molecule has 8 heteroatoms. The van der Waals surface area contributed by atoms with Gasteiger partial charge in [0.1, 0.15) is 5.70 Å². The Bertz CT molecular complexity index is 1900. The molecule has 3 amide bonds. The summed E-state index contributed by atoms with van der Waals surface area (Å²) in [7, 11) is 0. The van der Waals surface area contributed by atoms with Crippen LogP contribution >= 0.6 is 23.5 Å². The molecule has 1 atom stereocenters. The van der Waals surface area contributed by atoms with E-state index in [-0.39, 0.29) is 22.8 Å². The second kappa shape index (κ2) is 13.9. The normalized spacial score (nSPS) is 12.8. The minimum absolute atomic E-state index is 0.0114. The first-order valence-corrected chi connectivity index (χ1v) is 16.5. The van der Waals surface area contributed by atoms with E-state index >= 15 is 0 Å². The van der Waals surface area contributed by atoms with Crippen molar-refractivity contribution in [3.63, 3.8) is 0 Å². The second-order valence-electron chi connectivity index (χ2n) is 10.7. The Balaban J connectivity index is 1.17. The summed E-state index contributed by atoms with van der Waals surface area (Å²) in [5, 5.41) is 5.32. The molecule has 46 heavy (non-hydrogen) atoms. The summed E-state index contributed by atoms with van der Waals surface area (Å²) in [6.45, 7) is 3.86. The van der Waals surface area contributed by atoms with Crippen LogP contribution in [0, 0.1) is 6.92 Å². The molecule has 6 nitrogen and oxygen atoms in total. The fraction of sp³-hybridized carbons (Fsp3) is 0.0789. The quantitative estimate of drug-likeness (QED) is 0.131. The van der Waals surface area contributed by atoms with Crippen LogP contribution in [0.15, 0.2) is 148 Å². The third-order valence-electron chi connectivity index (χ3n) is 7.44. The van der Waals surface area contributed by atoms with Crippen LogP contribution in [0.25, 0.3) is 6.08 Å². The number of thioether (sulfide) groups is 1. The van der Waals surface area contributed by atoms with Gasteiger partial charge in [-0.1, -0.05) is 78.5 Å². The Hall–Kier alpha value is -5.05. The molecular formula is C38H31N3O3S2. The van der Waals surface area contributed by atoms with Crippen molar-refractivity contribution in [3.8, 4) is 0 Å². The van der Waals surface area contributed by atoms with Crippen molar-refractivity contribution in [2.24, 2.45) is 0 Å². The zero-order valence-corrected chi connectivity index (χ0v) is 26.9. The number of aryl methyl sites for hydroxylation is 1. The van der Waals surface area contributed by atoms with Crippen molar-refractivity contribution in [3.05, 3.63) is 150 Å². The Morgan fingerprint density at radius 2 is 1.33 bits per heavy atom. The van der Waals surface area contributed by atoms with E-state index in [4.69, 9.17) is 0 Å². The summed E-state index contributed by atoms with van der Waals surface area (Å²) in [6.07, 6.45) is 1.68. The zero-order valence-electron chi connectivity index (χ0n) is 25.3. The number of hydrogen-bond donors (Lipinski definition) is 2. The number of anilines is 3. The number of benzene rings is 5. The minimum atomic E-state index is -0.447. The van der Waals surface area contributed by atoms with E-state index in [1.807, 2.05) is 110 Å².